The van der Waals surface area contributed by atoms with Gasteiger partial charge in [0.05, 0.1) is 12.2 Å². The molecule has 3 unspecified atom stereocenters. The highest BCUT2D eigenvalue weighted by atomic mass is 16.5. The van der Waals surface area contributed by atoms with Crippen LogP contribution >= 0.6 is 0 Å². The molecule has 1 heterocycles. The van der Waals surface area contributed by atoms with E-state index in [4.69, 9.17) is 15.2 Å². The Bertz CT molecular complexity index is 577. The molecule has 3 rings (SSSR count). The summed E-state index contributed by atoms with van der Waals surface area (Å²) in [7, 11) is 1.76. The third-order valence-corrected chi connectivity index (χ3v) is 5.77. The fraction of sp³-hybridized carbons (Fsp3) is 0.842. The van der Waals surface area contributed by atoms with Gasteiger partial charge >= 0.3 is 0 Å². The molecule has 0 spiro atoms. The van der Waals surface area contributed by atoms with Crippen LogP contribution in [-0.4, -0.2) is 40.3 Å². The van der Waals surface area contributed by atoms with Crippen molar-refractivity contribution in [2.45, 2.75) is 83.6 Å². The number of aromatic nitrogens is 3. The molecule has 2 fully saturated rings. The molecule has 0 aromatic carbocycles. The number of rotatable bonds is 6. The SMILES string of the molecule is COC1CC(C)CCC1OCc1nc(N)nc(NC2CCC(C)CC2)n1. The zero-order chi connectivity index (χ0) is 18.5. The maximum atomic E-state index is 6.07. The molecule has 2 saturated carbocycles. The molecular weight excluding hydrogens is 330 g/mol. The third kappa shape index (κ3) is 5.27. The van der Waals surface area contributed by atoms with E-state index in [1.807, 2.05) is 0 Å². The lowest BCUT2D eigenvalue weighted by molar-refractivity contribution is -0.0933. The van der Waals surface area contributed by atoms with Crippen LogP contribution in [0.5, 0.6) is 0 Å². The van der Waals surface area contributed by atoms with E-state index in [1.165, 1.54) is 12.8 Å². The fourth-order valence-electron chi connectivity index (χ4n) is 4.08. The van der Waals surface area contributed by atoms with Gasteiger partial charge in [0.25, 0.3) is 0 Å². The minimum atomic E-state index is 0.0884. The highest BCUT2D eigenvalue weighted by molar-refractivity contribution is 5.32. The van der Waals surface area contributed by atoms with Gasteiger partial charge in [0, 0.05) is 13.2 Å². The van der Waals surface area contributed by atoms with Crippen LogP contribution in [0.15, 0.2) is 0 Å². The molecular formula is C19H33N5O2. The first-order valence-electron chi connectivity index (χ1n) is 9.94. The molecule has 7 heteroatoms. The molecule has 3 atom stereocenters. The smallest absolute Gasteiger partial charge is 0.228 e. The van der Waals surface area contributed by atoms with Gasteiger partial charge in [-0.3, -0.25) is 0 Å². The Kier molecular flexibility index (Phi) is 6.64. The average Bonchev–Trinajstić information content (AvgIpc) is 2.62. The van der Waals surface area contributed by atoms with E-state index in [1.54, 1.807) is 7.11 Å². The quantitative estimate of drug-likeness (QED) is 0.801. The van der Waals surface area contributed by atoms with Crippen molar-refractivity contribution in [3.05, 3.63) is 5.82 Å². The van der Waals surface area contributed by atoms with E-state index in [0.29, 0.717) is 30.3 Å². The second-order valence-electron chi connectivity index (χ2n) is 8.08. The van der Waals surface area contributed by atoms with Crippen LogP contribution in [0.2, 0.25) is 0 Å². The van der Waals surface area contributed by atoms with E-state index < -0.39 is 0 Å². The van der Waals surface area contributed by atoms with E-state index in [-0.39, 0.29) is 18.2 Å². The Morgan fingerprint density at radius 1 is 0.962 bits per heavy atom. The summed E-state index contributed by atoms with van der Waals surface area (Å²) < 4.78 is 11.7. The average molecular weight is 364 g/mol. The molecule has 0 radical (unpaired) electrons. The lowest BCUT2D eigenvalue weighted by Crippen LogP contribution is -2.36. The van der Waals surface area contributed by atoms with Gasteiger partial charge < -0.3 is 20.5 Å². The van der Waals surface area contributed by atoms with Crippen molar-refractivity contribution in [1.29, 1.82) is 0 Å². The Morgan fingerprint density at radius 3 is 2.42 bits per heavy atom. The summed E-state index contributed by atoms with van der Waals surface area (Å²) in [5.74, 6) is 2.88. The van der Waals surface area contributed by atoms with Crippen molar-refractivity contribution in [3.63, 3.8) is 0 Å². The number of nitrogen functional groups attached to an aromatic ring is 1. The zero-order valence-electron chi connectivity index (χ0n) is 16.3. The van der Waals surface area contributed by atoms with Crippen LogP contribution in [0.3, 0.4) is 0 Å². The molecule has 0 saturated heterocycles. The molecule has 26 heavy (non-hydrogen) atoms. The Labute approximate surface area is 156 Å². The van der Waals surface area contributed by atoms with Gasteiger partial charge in [-0.1, -0.05) is 13.8 Å². The lowest BCUT2D eigenvalue weighted by Gasteiger charge is -2.33. The monoisotopic (exact) mass is 363 g/mol. The Balaban J connectivity index is 1.57. The number of anilines is 2. The third-order valence-electron chi connectivity index (χ3n) is 5.77. The number of nitrogens with one attached hydrogen (secondary N) is 1. The van der Waals surface area contributed by atoms with Crippen LogP contribution < -0.4 is 11.1 Å². The second-order valence-corrected chi connectivity index (χ2v) is 8.08. The Morgan fingerprint density at radius 2 is 1.69 bits per heavy atom. The van der Waals surface area contributed by atoms with Gasteiger partial charge in [0.1, 0.15) is 6.61 Å². The van der Waals surface area contributed by atoms with Gasteiger partial charge in [0.15, 0.2) is 5.82 Å². The highest BCUT2D eigenvalue weighted by Crippen LogP contribution is 2.29. The van der Waals surface area contributed by atoms with Gasteiger partial charge in [-0.15, -0.1) is 0 Å². The maximum Gasteiger partial charge on any atom is 0.228 e. The molecule has 1 aromatic rings. The number of nitrogens with zero attached hydrogens (tertiary/aromatic N) is 3. The summed E-state index contributed by atoms with van der Waals surface area (Å²) in [6, 6.07) is 0.416. The number of methoxy groups -OCH3 is 1. The molecule has 2 aliphatic rings. The predicted molar refractivity (Wildman–Crippen MR) is 102 cm³/mol. The van der Waals surface area contributed by atoms with Crippen LogP contribution in [0, 0.1) is 11.8 Å². The number of hydrogen-bond donors (Lipinski definition) is 2. The Hall–Kier alpha value is -1.47. The topological polar surface area (TPSA) is 95.2 Å². The van der Waals surface area contributed by atoms with Crippen molar-refractivity contribution in [3.8, 4) is 0 Å². The van der Waals surface area contributed by atoms with Crippen LogP contribution in [0.25, 0.3) is 0 Å². The molecule has 0 bridgehead atoms. The van der Waals surface area contributed by atoms with Crippen molar-refractivity contribution < 1.29 is 9.47 Å². The fourth-order valence-corrected chi connectivity index (χ4v) is 4.08. The first-order valence-corrected chi connectivity index (χ1v) is 9.94. The summed E-state index contributed by atoms with van der Waals surface area (Å²) in [5, 5.41) is 3.42. The molecule has 3 N–H and O–H groups in total. The minimum absolute atomic E-state index is 0.0884. The summed E-state index contributed by atoms with van der Waals surface area (Å²) in [5.41, 5.74) is 5.88. The summed E-state index contributed by atoms with van der Waals surface area (Å²) in [6.07, 6.45) is 8.21. The molecule has 7 nitrogen and oxygen atoms in total. The second kappa shape index (κ2) is 8.95. The molecule has 146 valence electrons. The molecule has 2 aliphatic carbocycles. The van der Waals surface area contributed by atoms with E-state index >= 15 is 0 Å². The number of nitrogens with two attached hydrogens (primary N) is 1. The summed E-state index contributed by atoms with van der Waals surface area (Å²) >= 11 is 0. The van der Waals surface area contributed by atoms with Gasteiger partial charge in [-0.05, 0) is 56.8 Å². The summed E-state index contributed by atoms with van der Waals surface area (Å²) in [4.78, 5) is 13.0. The molecule has 0 aliphatic heterocycles. The van der Waals surface area contributed by atoms with Crippen LogP contribution in [-0.2, 0) is 16.1 Å². The largest absolute Gasteiger partial charge is 0.379 e. The van der Waals surface area contributed by atoms with Crippen molar-refractivity contribution in [2.24, 2.45) is 11.8 Å². The van der Waals surface area contributed by atoms with Crippen LogP contribution in [0.1, 0.15) is 64.6 Å². The number of hydrogen-bond acceptors (Lipinski definition) is 7. The normalized spacial score (nSPS) is 32.3. The first-order chi connectivity index (χ1) is 12.5. The molecule has 0 amide bonds. The van der Waals surface area contributed by atoms with E-state index in [0.717, 1.165) is 38.0 Å². The zero-order valence-corrected chi connectivity index (χ0v) is 16.3. The van der Waals surface area contributed by atoms with E-state index in [2.05, 4.69) is 34.1 Å². The highest BCUT2D eigenvalue weighted by Gasteiger charge is 2.29. The van der Waals surface area contributed by atoms with Gasteiger partial charge in [-0.25, -0.2) is 0 Å². The van der Waals surface area contributed by atoms with Crippen molar-refractivity contribution >= 4 is 11.9 Å². The van der Waals surface area contributed by atoms with E-state index in [9.17, 15) is 0 Å². The lowest BCUT2D eigenvalue weighted by atomic mass is 9.86. The van der Waals surface area contributed by atoms with Crippen LogP contribution in [0.4, 0.5) is 11.9 Å². The first kappa shape index (κ1) is 19.3. The molecule has 1 aromatic heterocycles. The maximum absolute atomic E-state index is 6.07. The van der Waals surface area contributed by atoms with Crippen molar-refractivity contribution in [1.82, 2.24) is 15.0 Å². The predicted octanol–water partition coefficient (Wildman–Crippen LogP) is 3.16. The van der Waals surface area contributed by atoms with Gasteiger partial charge in [0.2, 0.25) is 11.9 Å². The summed E-state index contributed by atoms with van der Waals surface area (Å²) in [6.45, 7) is 4.91. The van der Waals surface area contributed by atoms with Gasteiger partial charge in [-0.2, -0.15) is 15.0 Å². The minimum Gasteiger partial charge on any atom is -0.379 e. The van der Waals surface area contributed by atoms with Crippen molar-refractivity contribution in [2.75, 3.05) is 18.2 Å². The standard InChI is InChI=1S/C19H33N5O2/c1-12-4-7-14(8-5-12)21-19-23-17(22-18(20)24-19)11-26-15-9-6-13(2)10-16(15)25-3/h12-16H,4-11H2,1-3H3,(H3,20,21,22,23,24). The number of ether oxygens (including phenoxy) is 2.